The fraction of sp³-hybridized carbons (Fsp3) is 0.222. The molecule has 2 aromatic carbocycles. The van der Waals surface area contributed by atoms with Crippen molar-refractivity contribution in [3.8, 4) is 11.1 Å². The van der Waals surface area contributed by atoms with Crippen molar-refractivity contribution >= 4 is 46.4 Å². The Morgan fingerprint density at radius 2 is 1.28 bits per heavy atom. The number of rotatable bonds is 4. The second kappa shape index (κ2) is 8.03. The molecule has 0 fully saturated rings. The summed E-state index contributed by atoms with van der Waals surface area (Å²) in [6, 6.07) is 12.8. The third-order valence-electron chi connectivity index (χ3n) is 4.15. The van der Waals surface area contributed by atoms with E-state index in [4.69, 9.17) is 35.9 Å². The van der Waals surface area contributed by atoms with Gasteiger partial charge >= 0.3 is 0 Å². The van der Waals surface area contributed by atoms with Crippen molar-refractivity contribution < 1.29 is 0 Å². The summed E-state index contributed by atoms with van der Waals surface area (Å²) in [5.41, 5.74) is 18.8. The molecule has 0 saturated heterocycles. The summed E-state index contributed by atoms with van der Waals surface area (Å²) >= 11 is 11.9. The Morgan fingerprint density at radius 3 is 1.68 bits per heavy atom. The quantitative estimate of drug-likeness (QED) is 0.600. The lowest BCUT2D eigenvalue weighted by Crippen LogP contribution is -2.29. The minimum atomic E-state index is 0.309. The summed E-state index contributed by atoms with van der Waals surface area (Å²) in [6.07, 6.45) is 0. The van der Waals surface area contributed by atoms with E-state index >= 15 is 0 Å². The first-order valence-electron chi connectivity index (χ1n) is 7.92. The SMILES string of the molecule is NC(=S)NCc1cccc2c1-c1c(CNC(N)=S)cccc1CSC2. The van der Waals surface area contributed by atoms with Gasteiger partial charge in [0.1, 0.15) is 0 Å². The molecule has 1 heterocycles. The van der Waals surface area contributed by atoms with Crippen LogP contribution >= 0.6 is 36.2 Å². The smallest absolute Gasteiger partial charge is 0.163 e. The number of nitrogens with two attached hydrogens (primary N) is 2. The minimum absolute atomic E-state index is 0.309. The summed E-state index contributed by atoms with van der Waals surface area (Å²) in [5, 5.41) is 6.78. The van der Waals surface area contributed by atoms with Gasteiger partial charge in [-0.15, -0.1) is 0 Å². The first-order chi connectivity index (χ1) is 12.1. The van der Waals surface area contributed by atoms with E-state index in [2.05, 4.69) is 47.0 Å². The zero-order valence-electron chi connectivity index (χ0n) is 13.7. The molecule has 3 rings (SSSR count). The van der Waals surface area contributed by atoms with Crippen LogP contribution in [0.4, 0.5) is 0 Å². The third-order valence-corrected chi connectivity index (χ3v) is 5.46. The maximum Gasteiger partial charge on any atom is 0.163 e. The molecule has 0 aliphatic carbocycles. The Bertz CT molecular complexity index is 752. The summed E-state index contributed by atoms with van der Waals surface area (Å²) in [4.78, 5) is 0. The van der Waals surface area contributed by atoms with Gasteiger partial charge in [0.25, 0.3) is 0 Å². The van der Waals surface area contributed by atoms with Crippen molar-refractivity contribution in [1.29, 1.82) is 0 Å². The lowest BCUT2D eigenvalue weighted by molar-refractivity contribution is 0.908. The number of fused-ring (bicyclic) bond motifs is 3. The predicted molar refractivity (Wildman–Crippen MR) is 114 cm³/mol. The van der Waals surface area contributed by atoms with Crippen molar-refractivity contribution in [2.24, 2.45) is 11.5 Å². The van der Waals surface area contributed by atoms with Crippen molar-refractivity contribution in [3.63, 3.8) is 0 Å². The van der Waals surface area contributed by atoms with Gasteiger partial charge in [-0.05, 0) is 57.8 Å². The van der Waals surface area contributed by atoms with Crippen LogP contribution in [-0.4, -0.2) is 10.2 Å². The molecule has 0 amide bonds. The standard InChI is InChI=1S/C18H20N4S3/c19-17(23)21-7-11-3-1-5-13-9-25-10-14-6-2-4-12(8-22-18(20)24)16(14)15(11)13/h1-6H,7-10H2,(H3,19,21,23)(H3,20,22,24). The molecule has 0 unspecified atom stereocenters. The van der Waals surface area contributed by atoms with Crippen molar-refractivity contribution in [2.45, 2.75) is 24.6 Å². The number of hydrogen-bond acceptors (Lipinski definition) is 3. The maximum atomic E-state index is 5.63. The zero-order valence-corrected chi connectivity index (χ0v) is 16.1. The van der Waals surface area contributed by atoms with E-state index in [1.54, 1.807) is 0 Å². The van der Waals surface area contributed by atoms with Gasteiger partial charge in [-0.2, -0.15) is 11.8 Å². The van der Waals surface area contributed by atoms with E-state index < -0.39 is 0 Å². The monoisotopic (exact) mass is 388 g/mol. The number of thiocarbonyl (C=S) groups is 2. The molecule has 0 aromatic heterocycles. The van der Waals surface area contributed by atoms with Gasteiger partial charge < -0.3 is 22.1 Å². The van der Waals surface area contributed by atoms with E-state index in [1.165, 1.54) is 33.4 Å². The topological polar surface area (TPSA) is 76.1 Å². The molecular formula is C18H20N4S3. The van der Waals surface area contributed by atoms with E-state index in [0.717, 1.165) is 11.5 Å². The second-order valence-electron chi connectivity index (χ2n) is 5.83. The Kier molecular flexibility index (Phi) is 5.78. The number of hydrogen-bond donors (Lipinski definition) is 4. The molecule has 130 valence electrons. The Balaban J connectivity index is 2.12. The highest BCUT2D eigenvalue weighted by atomic mass is 32.2. The number of nitrogens with one attached hydrogen (secondary N) is 2. The lowest BCUT2D eigenvalue weighted by Gasteiger charge is -2.19. The predicted octanol–water partition coefficient (Wildman–Crippen LogP) is 2.77. The van der Waals surface area contributed by atoms with Gasteiger partial charge in [0.2, 0.25) is 0 Å². The highest BCUT2D eigenvalue weighted by molar-refractivity contribution is 7.97. The highest BCUT2D eigenvalue weighted by Gasteiger charge is 2.20. The second-order valence-corrected chi connectivity index (χ2v) is 7.70. The van der Waals surface area contributed by atoms with Crippen LogP contribution in [0.2, 0.25) is 0 Å². The van der Waals surface area contributed by atoms with Crippen molar-refractivity contribution in [1.82, 2.24) is 10.6 Å². The van der Waals surface area contributed by atoms with Crippen LogP contribution in [0.5, 0.6) is 0 Å². The van der Waals surface area contributed by atoms with Crippen LogP contribution in [-0.2, 0) is 24.6 Å². The number of thioether (sulfide) groups is 1. The van der Waals surface area contributed by atoms with Crippen LogP contribution in [0.3, 0.4) is 0 Å². The molecule has 4 nitrogen and oxygen atoms in total. The highest BCUT2D eigenvalue weighted by Crippen LogP contribution is 2.40. The molecule has 0 radical (unpaired) electrons. The van der Waals surface area contributed by atoms with Gasteiger partial charge in [0.15, 0.2) is 10.2 Å². The van der Waals surface area contributed by atoms with E-state index in [0.29, 0.717) is 23.3 Å². The average Bonchev–Trinajstić information content (AvgIpc) is 2.77. The summed E-state index contributed by atoms with van der Waals surface area (Å²) in [5.74, 6) is 1.96. The fourth-order valence-electron chi connectivity index (χ4n) is 3.12. The summed E-state index contributed by atoms with van der Waals surface area (Å²) < 4.78 is 0. The Labute approximate surface area is 162 Å². The minimum Gasteiger partial charge on any atom is -0.376 e. The molecule has 6 N–H and O–H groups in total. The number of benzene rings is 2. The molecule has 2 aromatic rings. The zero-order chi connectivity index (χ0) is 17.8. The van der Waals surface area contributed by atoms with Crippen molar-refractivity contribution in [2.75, 3.05) is 0 Å². The van der Waals surface area contributed by atoms with Crippen LogP contribution in [0.25, 0.3) is 11.1 Å². The maximum absolute atomic E-state index is 5.63. The summed E-state index contributed by atoms with van der Waals surface area (Å²) in [7, 11) is 0. The Morgan fingerprint density at radius 1 is 0.840 bits per heavy atom. The van der Waals surface area contributed by atoms with E-state index in [-0.39, 0.29) is 0 Å². The molecule has 0 bridgehead atoms. The fourth-order valence-corrected chi connectivity index (χ4v) is 4.29. The van der Waals surface area contributed by atoms with Gasteiger partial charge in [0, 0.05) is 24.6 Å². The molecule has 7 heteroatoms. The van der Waals surface area contributed by atoms with E-state index in [9.17, 15) is 0 Å². The average molecular weight is 389 g/mol. The largest absolute Gasteiger partial charge is 0.376 e. The lowest BCUT2D eigenvalue weighted by atomic mass is 9.88. The van der Waals surface area contributed by atoms with Crippen LogP contribution in [0, 0.1) is 0 Å². The molecule has 25 heavy (non-hydrogen) atoms. The van der Waals surface area contributed by atoms with Crippen LogP contribution in [0.1, 0.15) is 22.3 Å². The molecule has 0 atom stereocenters. The van der Waals surface area contributed by atoms with Gasteiger partial charge in [-0.25, -0.2) is 0 Å². The van der Waals surface area contributed by atoms with Gasteiger partial charge in [-0.1, -0.05) is 36.4 Å². The third kappa shape index (κ3) is 4.23. The van der Waals surface area contributed by atoms with E-state index in [1.807, 2.05) is 11.8 Å². The molecule has 1 aliphatic heterocycles. The first kappa shape index (κ1) is 18.0. The molecular weight excluding hydrogens is 368 g/mol. The Hall–Kier alpha value is -1.83. The normalized spacial score (nSPS) is 12.5. The molecule has 0 spiro atoms. The molecule has 0 saturated carbocycles. The first-order valence-corrected chi connectivity index (χ1v) is 9.89. The summed E-state index contributed by atoms with van der Waals surface area (Å²) in [6.45, 7) is 1.22. The van der Waals surface area contributed by atoms with Gasteiger partial charge in [0.05, 0.1) is 0 Å². The van der Waals surface area contributed by atoms with Crippen molar-refractivity contribution in [3.05, 3.63) is 58.7 Å². The van der Waals surface area contributed by atoms with Gasteiger partial charge in [-0.3, -0.25) is 0 Å². The molecule has 1 aliphatic rings. The van der Waals surface area contributed by atoms with Crippen LogP contribution in [0.15, 0.2) is 36.4 Å². The van der Waals surface area contributed by atoms with Crippen LogP contribution < -0.4 is 22.1 Å².